The molecule has 2 N–H and O–H groups in total. The Balaban J connectivity index is 2.14. The Hall–Kier alpha value is -1.71. The van der Waals surface area contributed by atoms with E-state index in [1.165, 1.54) is 12.8 Å². The summed E-state index contributed by atoms with van der Waals surface area (Å²) in [5.74, 6) is 2.20. The van der Waals surface area contributed by atoms with Crippen LogP contribution in [0.1, 0.15) is 33.1 Å². The third-order valence-electron chi connectivity index (χ3n) is 3.40. The van der Waals surface area contributed by atoms with Crippen molar-refractivity contribution in [1.82, 2.24) is 9.55 Å². The Kier molecular flexibility index (Phi) is 4.30. The van der Waals surface area contributed by atoms with Gasteiger partial charge >= 0.3 is 0 Å². The van der Waals surface area contributed by atoms with Gasteiger partial charge in [0.15, 0.2) is 0 Å². The monoisotopic (exact) mass is 261 g/mol. The molecule has 1 aromatic carbocycles. The smallest absolute Gasteiger partial charge is 0.201 e. The van der Waals surface area contributed by atoms with Crippen LogP contribution >= 0.6 is 0 Å². The maximum Gasteiger partial charge on any atom is 0.201 e. The van der Waals surface area contributed by atoms with Gasteiger partial charge in [-0.15, -0.1) is 0 Å². The van der Waals surface area contributed by atoms with E-state index in [1.807, 2.05) is 18.2 Å². The first-order valence-electron chi connectivity index (χ1n) is 6.91. The molecule has 0 fully saturated rings. The molecule has 0 atom stereocenters. The second kappa shape index (κ2) is 5.95. The van der Waals surface area contributed by atoms with Gasteiger partial charge in [0.1, 0.15) is 5.75 Å². The zero-order chi connectivity index (χ0) is 13.8. The van der Waals surface area contributed by atoms with E-state index < -0.39 is 0 Å². The molecule has 0 unspecified atom stereocenters. The molecule has 19 heavy (non-hydrogen) atoms. The number of rotatable bonds is 6. The molecular weight excluding hydrogens is 238 g/mol. The quantitative estimate of drug-likeness (QED) is 0.810. The number of ether oxygens (including phenoxy) is 1. The second-order valence-corrected chi connectivity index (χ2v) is 5.37. The number of imidazole rings is 1. The van der Waals surface area contributed by atoms with Crippen LogP contribution in [0.15, 0.2) is 18.2 Å². The van der Waals surface area contributed by atoms with E-state index in [0.717, 1.165) is 35.7 Å². The number of hydrogen-bond acceptors (Lipinski definition) is 3. The van der Waals surface area contributed by atoms with Gasteiger partial charge in [0, 0.05) is 12.6 Å². The maximum absolute atomic E-state index is 6.00. The molecule has 1 aromatic heterocycles. The largest absolute Gasteiger partial charge is 0.497 e. The van der Waals surface area contributed by atoms with Crippen LogP contribution < -0.4 is 10.5 Å². The highest BCUT2D eigenvalue weighted by molar-refractivity contribution is 5.79. The molecule has 0 aliphatic heterocycles. The van der Waals surface area contributed by atoms with Crippen molar-refractivity contribution in [1.29, 1.82) is 0 Å². The van der Waals surface area contributed by atoms with Gasteiger partial charge in [-0.2, -0.15) is 0 Å². The number of nitrogen functional groups attached to an aromatic ring is 1. The normalized spacial score (nSPS) is 11.4. The van der Waals surface area contributed by atoms with Gasteiger partial charge in [0.05, 0.1) is 18.1 Å². The summed E-state index contributed by atoms with van der Waals surface area (Å²) >= 11 is 0. The molecule has 2 aromatic rings. The standard InChI is InChI=1S/C15H23N3O/c1-11(2)6-4-5-9-18-14-10-12(19-3)7-8-13(14)17-15(18)16/h7-8,10-11H,4-6,9H2,1-3H3,(H2,16,17). The molecule has 1 heterocycles. The van der Waals surface area contributed by atoms with Gasteiger partial charge in [-0.25, -0.2) is 4.98 Å². The molecule has 0 aliphatic carbocycles. The summed E-state index contributed by atoms with van der Waals surface area (Å²) in [5, 5.41) is 0. The molecule has 0 saturated carbocycles. The summed E-state index contributed by atoms with van der Waals surface area (Å²) in [6.45, 7) is 5.43. The predicted molar refractivity (Wildman–Crippen MR) is 79.4 cm³/mol. The van der Waals surface area contributed by atoms with Crippen molar-refractivity contribution in [3.05, 3.63) is 18.2 Å². The number of nitrogens with two attached hydrogens (primary N) is 1. The Bertz CT molecular complexity index is 546. The number of aryl methyl sites for hydroxylation is 1. The third-order valence-corrected chi connectivity index (χ3v) is 3.40. The van der Waals surface area contributed by atoms with Crippen molar-refractivity contribution in [3.63, 3.8) is 0 Å². The van der Waals surface area contributed by atoms with E-state index in [2.05, 4.69) is 23.4 Å². The van der Waals surface area contributed by atoms with Gasteiger partial charge < -0.3 is 15.0 Å². The molecule has 104 valence electrons. The maximum atomic E-state index is 6.00. The summed E-state index contributed by atoms with van der Waals surface area (Å²) in [6, 6.07) is 5.87. The van der Waals surface area contributed by atoms with E-state index in [9.17, 15) is 0 Å². The van der Waals surface area contributed by atoms with Gasteiger partial charge in [-0.3, -0.25) is 0 Å². The van der Waals surface area contributed by atoms with Crippen LogP contribution in [-0.4, -0.2) is 16.7 Å². The minimum absolute atomic E-state index is 0.591. The fraction of sp³-hybridized carbons (Fsp3) is 0.533. The van der Waals surface area contributed by atoms with E-state index in [1.54, 1.807) is 7.11 Å². The van der Waals surface area contributed by atoms with E-state index in [-0.39, 0.29) is 0 Å². The molecule has 4 nitrogen and oxygen atoms in total. The summed E-state index contributed by atoms with van der Waals surface area (Å²) < 4.78 is 7.34. The lowest BCUT2D eigenvalue weighted by Crippen LogP contribution is -2.04. The molecule has 0 saturated heterocycles. The van der Waals surface area contributed by atoms with Crippen molar-refractivity contribution in [3.8, 4) is 5.75 Å². The molecule has 0 radical (unpaired) electrons. The third kappa shape index (κ3) is 3.19. The van der Waals surface area contributed by atoms with Crippen LogP contribution in [-0.2, 0) is 6.54 Å². The lowest BCUT2D eigenvalue weighted by atomic mass is 10.1. The number of aromatic nitrogens is 2. The molecular formula is C15H23N3O. The molecule has 0 bridgehead atoms. The summed E-state index contributed by atoms with van der Waals surface area (Å²) in [5.41, 5.74) is 7.99. The highest BCUT2D eigenvalue weighted by Crippen LogP contribution is 2.23. The van der Waals surface area contributed by atoms with Crippen LogP contribution in [0.2, 0.25) is 0 Å². The number of anilines is 1. The Morgan fingerprint density at radius 1 is 1.32 bits per heavy atom. The van der Waals surface area contributed by atoms with Crippen LogP contribution in [0, 0.1) is 5.92 Å². The average molecular weight is 261 g/mol. The fourth-order valence-electron chi connectivity index (χ4n) is 2.31. The minimum atomic E-state index is 0.591. The van der Waals surface area contributed by atoms with Crippen molar-refractivity contribution in [2.24, 2.45) is 5.92 Å². The van der Waals surface area contributed by atoms with Crippen LogP contribution in [0.5, 0.6) is 5.75 Å². The number of nitrogens with zero attached hydrogens (tertiary/aromatic N) is 2. The van der Waals surface area contributed by atoms with Crippen LogP contribution in [0.25, 0.3) is 11.0 Å². The Labute approximate surface area is 114 Å². The lowest BCUT2D eigenvalue weighted by molar-refractivity contribution is 0.415. The molecule has 0 amide bonds. The fourth-order valence-corrected chi connectivity index (χ4v) is 2.31. The topological polar surface area (TPSA) is 53.1 Å². The first-order valence-corrected chi connectivity index (χ1v) is 6.91. The van der Waals surface area contributed by atoms with Gasteiger partial charge in [-0.1, -0.05) is 26.7 Å². The summed E-state index contributed by atoms with van der Waals surface area (Å²) in [6.07, 6.45) is 3.61. The van der Waals surface area contributed by atoms with Crippen molar-refractivity contribution < 1.29 is 4.74 Å². The number of hydrogen-bond donors (Lipinski definition) is 1. The second-order valence-electron chi connectivity index (χ2n) is 5.37. The van der Waals surface area contributed by atoms with Crippen molar-refractivity contribution in [2.45, 2.75) is 39.7 Å². The average Bonchev–Trinajstić information content (AvgIpc) is 2.69. The van der Waals surface area contributed by atoms with Crippen LogP contribution in [0.4, 0.5) is 5.95 Å². The first kappa shape index (κ1) is 13.7. The first-order chi connectivity index (χ1) is 9.11. The number of fused-ring (bicyclic) bond motifs is 1. The van der Waals surface area contributed by atoms with Gasteiger partial charge in [-0.05, 0) is 24.5 Å². The van der Waals surface area contributed by atoms with E-state index >= 15 is 0 Å². The highest BCUT2D eigenvalue weighted by atomic mass is 16.5. The zero-order valence-corrected chi connectivity index (χ0v) is 12.0. The Morgan fingerprint density at radius 2 is 2.11 bits per heavy atom. The number of methoxy groups -OCH3 is 1. The molecule has 2 rings (SSSR count). The van der Waals surface area contributed by atoms with Crippen molar-refractivity contribution >= 4 is 17.0 Å². The molecule has 0 spiro atoms. The SMILES string of the molecule is COc1ccc2nc(N)n(CCCCC(C)C)c2c1. The van der Waals surface area contributed by atoms with Crippen molar-refractivity contribution in [2.75, 3.05) is 12.8 Å². The zero-order valence-electron chi connectivity index (χ0n) is 12.0. The van der Waals surface area contributed by atoms with Gasteiger partial charge in [0.25, 0.3) is 0 Å². The van der Waals surface area contributed by atoms with E-state index in [0.29, 0.717) is 5.95 Å². The molecule has 4 heteroatoms. The number of benzene rings is 1. The van der Waals surface area contributed by atoms with Gasteiger partial charge in [0.2, 0.25) is 5.95 Å². The Morgan fingerprint density at radius 3 is 2.79 bits per heavy atom. The summed E-state index contributed by atoms with van der Waals surface area (Å²) in [4.78, 5) is 4.39. The predicted octanol–water partition coefficient (Wildman–Crippen LogP) is 3.45. The number of unbranched alkanes of at least 4 members (excludes halogenated alkanes) is 1. The molecule has 0 aliphatic rings. The lowest BCUT2D eigenvalue weighted by Gasteiger charge is -2.08. The summed E-state index contributed by atoms with van der Waals surface area (Å²) in [7, 11) is 1.67. The van der Waals surface area contributed by atoms with Crippen LogP contribution in [0.3, 0.4) is 0 Å². The highest BCUT2D eigenvalue weighted by Gasteiger charge is 2.08. The minimum Gasteiger partial charge on any atom is -0.497 e. The van der Waals surface area contributed by atoms with E-state index in [4.69, 9.17) is 10.5 Å².